The summed E-state index contributed by atoms with van der Waals surface area (Å²) in [5.74, 6) is -0.210. The van der Waals surface area contributed by atoms with E-state index in [0.717, 1.165) is 0 Å². The highest BCUT2D eigenvalue weighted by Crippen LogP contribution is 2.11. The Balaban J connectivity index is 2.40. The molecule has 0 aromatic heterocycles. The molecule has 0 unspecified atom stereocenters. The minimum atomic E-state index is -0.421. The van der Waals surface area contributed by atoms with Gasteiger partial charge in [0.1, 0.15) is 6.10 Å². The van der Waals surface area contributed by atoms with Crippen molar-refractivity contribution in [3.63, 3.8) is 0 Å². The van der Waals surface area contributed by atoms with Gasteiger partial charge in [0.25, 0.3) is 0 Å². The number of ether oxygens (including phenoxy) is 1. The zero-order valence-electron chi connectivity index (χ0n) is 6.49. The van der Waals surface area contributed by atoms with Gasteiger partial charge in [0, 0.05) is 6.42 Å². The summed E-state index contributed by atoms with van der Waals surface area (Å²) < 4.78 is 4.91. The molecule has 0 bridgehead atoms. The topological polar surface area (TPSA) is 46.5 Å². The van der Waals surface area contributed by atoms with Crippen LogP contribution in [-0.2, 0) is 9.53 Å². The normalized spacial score (nSPS) is 26.4. The third-order valence-corrected chi connectivity index (χ3v) is 1.49. The molecule has 1 rings (SSSR count). The molecule has 3 heteroatoms. The summed E-state index contributed by atoms with van der Waals surface area (Å²) >= 11 is 0. The van der Waals surface area contributed by atoms with Gasteiger partial charge in [-0.3, -0.25) is 4.79 Å². The lowest BCUT2D eigenvalue weighted by Crippen LogP contribution is -2.23. The molecule has 1 heterocycles. The lowest BCUT2D eigenvalue weighted by Gasteiger charge is -2.18. The Labute approximate surface area is 65.7 Å². The molecule has 0 saturated carbocycles. The lowest BCUT2D eigenvalue weighted by molar-refractivity contribution is -0.147. The number of rotatable bonds is 2. The van der Waals surface area contributed by atoms with Gasteiger partial charge in [0.2, 0.25) is 0 Å². The predicted molar refractivity (Wildman–Crippen MR) is 39.9 cm³/mol. The first-order valence-corrected chi connectivity index (χ1v) is 3.72. The average Bonchev–Trinajstić information content (AvgIpc) is 1.85. The van der Waals surface area contributed by atoms with Crippen molar-refractivity contribution in [1.29, 1.82) is 0 Å². The van der Waals surface area contributed by atoms with E-state index < -0.39 is 6.10 Å². The molecule has 0 aromatic rings. The third-order valence-electron chi connectivity index (χ3n) is 1.49. The predicted octanol–water partition coefficient (Wildman–Crippen LogP) is 0.629. The SMILES string of the molecule is C[C@@H](O)C[C@H]1C=CCC(=O)O1. The Bertz CT molecular complexity index is 172. The van der Waals surface area contributed by atoms with Crippen LogP contribution in [0.4, 0.5) is 0 Å². The molecule has 1 aliphatic heterocycles. The highest BCUT2D eigenvalue weighted by Gasteiger charge is 2.16. The zero-order valence-corrected chi connectivity index (χ0v) is 6.49. The van der Waals surface area contributed by atoms with Gasteiger partial charge in [-0.2, -0.15) is 0 Å². The van der Waals surface area contributed by atoms with Crippen molar-refractivity contribution in [3.8, 4) is 0 Å². The van der Waals surface area contributed by atoms with Crippen molar-refractivity contribution >= 4 is 5.97 Å². The van der Waals surface area contributed by atoms with E-state index in [9.17, 15) is 4.79 Å². The number of cyclic esters (lactones) is 1. The molecule has 0 aliphatic carbocycles. The van der Waals surface area contributed by atoms with E-state index in [-0.39, 0.29) is 12.1 Å². The van der Waals surface area contributed by atoms with Gasteiger partial charge in [0.15, 0.2) is 0 Å². The first kappa shape index (κ1) is 8.27. The third kappa shape index (κ3) is 2.72. The molecule has 0 fully saturated rings. The smallest absolute Gasteiger partial charge is 0.310 e. The van der Waals surface area contributed by atoms with E-state index in [2.05, 4.69) is 0 Å². The lowest BCUT2D eigenvalue weighted by atomic mass is 10.1. The molecule has 0 amide bonds. The van der Waals surface area contributed by atoms with E-state index in [1.54, 1.807) is 13.0 Å². The molecule has 0 radical (unpaired) electrons. The molecule has 3 nitrogen and oxygen atoms in total. The standard InChI is InChI=1S/C8H12O3/c1-6(9)5-7-3-2-4-8(10)11-7/h2-3,6-7,9H,4-5H2,1H3/t6-,7-/m1/s1. The maximum atomic E-state index is 10.7. The molecule has 0 saturated heterocycles. The monoisotopic (exact) mass is 156 g/mol. The molecule has 0 aromatic carbocycles. The van der Waals surface area contributed by atoms with E-state index in [1.807, 2.05) is 6.08 Å². The fourth-order valence-electron chi connectivity index (χ4n) is 1.04. The summed E-state index contributed by atoms with van der Waals surface area (Å²) in [6.45, 7) is 1.68. The van der Waals surface area contributed by atoms with E-state index in [1.165, 1.54) is 0 Å². The maximum absolute atomic E-state index is 10.7. The molecule has 62 valence electrons. The van der Waals surface area contributed by atoms with Crippen molar-refractivity contribution in [2.45, 2.75) is 32.0 Å². The van der Waals surface area contributed by atoms with Crippen LogP contribution in [0.3, 0.4) is 0 Å². The van der Waals surface area contributed by atoms with Crippen molar-refractivity contribution in [2.75, 3.05) is 0 Å². The molecule has 1 N–H and O–H groups in total. The zero-order chi connectivity index (χ0) is 8.27. The van der Waals surface area contributed by atoms with Crippen LogP contribution in [0.1, 0.15) is 19.8 Å². The van der Waals surface area contributed by atoms with Gasteiger partial charge in [-0.25, -0.2) is 0 Å². The Kier molecular flexibility index (Phi) is 2.65. The largest absolute Gasteiger partial charge is 0.458 e. The van der Waals surface area contributed by atoms with Crippen LogP contribution in [0.5, 0.6) is 0 Å². The van der Waals surface area contributed by atoms with Crippen LogP contribution in [0.2, 0.25) is 0 Å². The first-order chi connectivity index (χ1) is 5.18. The van der Waals surface area contributed by atoms with Crippen LogP contribution in [0.25, 0.3) is 0 Å². The molecular formula is C8H12O3. The molecular weight excluding hydrogens is 144 g/mol. The average molecular weight is 156 g/mol. The van der Waals surface area contributed by atoms with Gasteiger partial charge in [0.05, 0.1) is 12.5 Å². The Morgan fingerprint density at radius 3 is 3.18 bits per heavy atom. The summed E-state index contributed by atoms with van der Waals surface area (Å²) in [5, 5.41) is 8.97. The number of esters is 1. The molecule has 1 aliphatic rings. The minimum Gasteiger partial charge on any atom is -0.458 e. The fraction of sp³-hybridized carbons (Fsp3) is 0.625. The second-order valence-corrected chi connectivity index (χ2v) is 2.75. The molecule has 0 spiro atoms. The fourth-order valence-corrected chi connectivity index (χ4v) is 1.04. The van der Waals surface area contributed by atoms with Gasteiger partial charge in [-0.05, 0) is 13.0 Å². The van der Waals surface area contributed by atoms with E-state index in [0.29, 0.717) is 12.8 Å². The Morgan fingerprint density at radius 1 is 1.91 bits per heavy atom. The summed E-state index contributed by atoms with van der Waals surface area (Å²) in [6, 6.07) is 0. The number of aliphatic hydroxyl groups is 1. The summed E-state index contributed by atoms with van der Waals surface area (Å²) in [6.07, 6.45) is 3.79. The van der Waals surface area contributed by atoms with E-state index in [4.69, 9.17) is 9.84 Å². The first-order valence-electron chi connectivity index (χ1n) is 3.72. The summed E-state index contributed by atoms with van der Waals surface area (Å²) in [5.41, 5.74) is 0. The number of carbonyl (C=O) groups excluding carboxylic acids is 1. The Hall–Kier alpha value is -0.830. The minimum absolute atomic E-state index is 0.210. The van der Waals surface area contributed by atoms with E-state index >= 15 is 0 Å². The van der Waals surface area contributed by atoms with Gasteiger partial charge in [-0.15, -0.1) is 0 Å². The summed E-state index contributed by atoms with van der Waals surface area (Å²) in [7, 11) is 0. The van der Waals surface area contributed by atoms with Crippen molar-refractivity contribution in [3.05, 3.63) is 12.2 Å². The highest BCUT2D eigenvalue weighted by molar-refractivity contribution is 5.72. The van der Waals surface area contributed by atoms with Crippen LogP contribution in [0, 0.1) is 0 Å². The van der Waals surface area contributed by atoms with Crippen LogP contribution in [0.15, 0.2) is 12.2 Å². The van der Waals surface area contributed by atoms with Gasteiger partial charge in [-0.1, -0.05) is 6.08 Å². The molecule has 11 heavy (non-hydrogen) atoms. The highest BCUT2D eigenvalue weighted by atomic mass is 16.5. The van der Waals surface area contributed by atoms with Crippen molar-refractivity contribution < 1.29 is 14.6 Å². The Morgan fingerprint density at radius 2 is 2.64 bits per heavy atom. The second-order valence-electron chi connectivity index (χ2n) is 2.75. The van der Waals surface area contributed by atoms with Crippen LogP contribution in [-0.4, -0.2) is 23.3 Å². The maximum Gasteiger partial charge on any atom is 0.310 e. The van der Waals surface area contributed by atoms with Gasteiger partial charge < -0.3 is 9.84 Å². The molecule has 2 atom stereocenters. The van der Waals surface area contributed by atoms with Crippen LogP contribution >= 0.6 is 0 Å². The number of aliphatic hydroxyl groups excluding tert-OH is 1. The second kappa shape index (κ2) is 3.53. The number of carbonyl (C=O) groups is 1. The van der Waals surface area contributed by atoms with Gasteiger partial charge >= 0.3 is 5.97 Å². The quantitative estimate of drug-likeness (QED) is 0.471. The number of hydrogen-bond donors (Lipinski definition) is 1. The van der Waals surface area contributed by atoms with Crippen molar-refractivity contribution in [2.24, 2.45) is 0 Å². The summed E-state index contributed by atoms with van der Waals surface area (Å²) in [4.78, 5) is 10.7. The van der Waals surface area contributed by atoms with Crippen molar-refractivity contribution in [1.82, 2.24) is 0 Å². The van der Waals surface area contributed by atoms with Crippen LogP contribution < -0.4 is 0 Å². The number of hydrogen-bond acceptors (Lipinski definition) is 3.